The van der Waals surface area contributed by atoms with Crippen molar-refractivity contribution in [2.75, 3.05) is 25.0 Å². The van der Waals surface area contributed by atoms with E-state index in [0.29, 0.717) is 59.1 Å². The quantitative estimate of drug-likeness (QED) is 0.469. The fourth-order valence-electron chi connectivity index (χ4n) is 3.40. The maximum Gasteiger partial charge on any atom is 0.260 e. The molecule has 2 amide bonds. The van der Waals surface area contributed by atoms with Crippen LogP contribution in [0.1, 0.15) is 32.5 Å². The lowest BCUT2D eigenvalue weighted by molar-refractivity contribution is -0.133. The number of nitrogens with one attached hydrogen (secondary N) is 2. The largest absolute Gasteiger partial charge is 0.482 e. The van der Waals surface area contributed by atoms with Crippen LogP contribution in [0, 0.1) is 0 Å². The van der Waals surface area contributed by atoms with Crippen molar-refractivity contribution < 1.29 is 14.3 Å². The Morgan fingerprint density at radius 3 is 2.64 bits per heavy atom. The lowest BCUT2D eigenvalue weighted by Gasteiger charge is -2.19. The number of fused-ring (bicyclic) bond motifs is 1. The van der Waals surface area contributed by atoms with E-state index < -0.39 is 0 Å². The van der Waals surface area contributed by atoms with Gasteiger partial charge in [0.15, 0.2) is 6.61 Å². The molecular formula is C24H27ClN4O4. The van der Waals surface area contributed by atoms with Crippen LogP contribution >= 0.6 is 11.6 Å². The molecule has 3 rings (SSSR count). The monoisotopic (exact) mass is 470 g/mol. The van der Waals surface area contributed by atoms with E-state index in [1.54, 1.807) is 41.3 Å². The highest BCUT2D eigenvalue weighted by atomic mass is 35.5. The van der Waals surface area contributed by atoms with Crippen LogP contribution in [0.4, 0.5) is 5.69 Å². The minimum absolute atomic E-state index is 0.0992. The number of amides is 2. The van der Waals surface area contributed by atoms with Crippen molar-refractivity contribution in [3.05, 3.63) is 63.7 Å². The number of likely N-dealkylation sites (N-methyl/N-ethyl adjacent to an activating group) is 1. The number of carbonyl (C=O) groups is 2. The molecule has 0 saturated heterocycles. The number of nitrogens with zero attached hydrogens (tertiary/aromatic N) is 2. The van der Waals surface area contributed by atoms with Crippen LogP contribution in [0.5, 0.6) is 5.75 Å². The van der Waals surface area contributed by atoms with Crippen molar-refractivity contribution >= 4 is 40.0 Å². The molecule has 0 fully saturated rings. The third-order valence-electron chi connectivity index (χ3n) is 5.16. The number of aryl methyl sites for hydroxylation is 1. The van der Waals surface area contributed by atoms with Gasteiger partial charge in [0, 0.05) is 31.6 Å². The summed E-state index contributed by atoms with van der Waals surface area (Å²) < 4.78 is 5.53. The van der Waals surface area contributed by atoms with Gasteiger partial charge in [0.1, 0.15) is 11.6 Å². The average molecular weight is 471 g/mol. The highest BCUT2D eigenvalue weighted by Gasteiger charge is 2.12. The molecule has 3 aromatic rings. The number of aromatic amines is 1. The standard InChI is InChI=1S/C24H27ClN4O4/c1-3-29(4-2)23(31)15-33-20-13-12-16(14-18(20)25)26-22(30)11-7-10-21-27-19-9-6-5-8-17(19)24(32)28-21/h5-6,8-9,12-14H,3-4,7,10-11,15H2,1-2H3,(H,26,30)(H,27,28,32). The van der Waals surface area contributed by atoms with Crippen LogP contribution in [0.3, 0.4) is 0 Å². The first-order valence-corrected chi connectivity index (χ1v) is 11.3. The van der Waals surface area contributed by atoms with Crippen molar-refractivity contribution in [2.45, 2.75) is 33.1 Å². The molecule has 2 N–H and O–H groups in total. The summed E-state index contributed by atoms with van der Waals surface area (Å²) >= 11 is 6.25. The van der Waals surface area contributed by atoms with E-state index in [1.807, 2.05) is 19.9 Å². The molecule has 1 heterocycles. The van der Waals surface area contributed by atoms with Gasteiger partial charge in [-0.3, -0.25) is 14.4 Å². The number of hydrogen-bond acceptors (Lipinski definition) is 5. The first-order chi connectivity index (χ1) is 15.9. The Morgan fingerprint density at radius 2 is 1.91 bits per heavy atom. The summed E-state index contributed by atoms with van der Waals surface area (Å²) in [6.45, 7) is 4.94. The van der Waals surface area contributed by atoms with E-state index in [-0.39, 0.29) is 30.4 Å². The molecule has 0 spiro atoms. The lowest BCUT2D eigenvalue weighted by atomic mass is 10.2. The fraction of sp³-hybridized carbons (Fsp3) is 0.333. The van der Waals surface area contributed by atoms with Gasteiger partial charge in [-0.1, -0.05) is 23.7 Å². The molecule has 1 aromatic heterocycles. The maximum absolute atomic E-state index is 12.3. The van der Waals surface area contributed by atoms with Crippen LogP contribution in [-0.2, 0) is 16.0 Å². The molecule has 0 aliphatic rings. The molecular weight excluding hydrogens is 444 g/mol. The number of carbonyl (C=O) groups excluding carboxylic acids is 2. The highest BCUT2D eigenvalue weighted by molar-refractivity contribution is 6.32. The molecule has 0 saturated carbocycles. The summed E-state index contributed by atoms with van der Waals surface area (Å²) in [7, 11) is 0. The molecule has 9 heteroatoms. The van der Waals surface area contributed by atoms with Crippen molar-refractivity contribution in [1.29, 1.82) is 0 Å². The number of para-hydroxylation sites is 1. The molecule has 0 aliphatic carbocycles. The third kappa shape index (κ3) is 6.55. The van der Waals surface area contributed by atoms with Crippen LogP contribution in [0.2, 0.25) is 5.02 Å². The van der Waals surface area contributed by atoms with Gasteiger partial charge in [-0.15, -0.1) is 0 Å². The van der Waals surface area contributed by atoms with Gasteiger partial charge < -0.3 is 19.9 Å². The number of halogens is 1. The van der Waals surface area contributed by atoms with Crippen molar-refractivity contribution in [3.8, 4) is 5.75 Å². The van der Waals surface area contributed by atoms with Gasteiger partial charge in [-0.2, -0.15) is 0 Å². The maximum atomic E-state index is 12.3. The van der Waals surface area contributed by atoms with E-state index in [4.69, 9.17) is 16.3 Å². The molecule has 8 nitrogen and oxygen atoms in total. The second kappa shape index (κ2) is 11.5. The fourth-order valence-corrected chi connectivity index (χ4v) is 3.63. The Bertz CT molecular complexity index is 1190. The number of anilines is 1. The summed E-state index contributed by atoms with van der Waals surface area (Å²) in [6, 6.07) is 12.0. The zero-order chi connectivity index (χ0) is 23.8. The van der Waals surface area contributed by atoms with E-state index >= 15 is 0 Å². The topological polar surface area (TPSA) is 104 Å². The second-order valence-corrected chi connectivity index (χ2v) is 7.84. The smallest absolute Gasteiger partial charge is 0.260 e. The van der Waals surface area contributed by atoms with Gasteiger partial charge in [0.25, 0.3) is 11.5 Å². The predicted octanol–water partition coefficient (Wildman–Crippen LogP) is 3.79. The molecule has 2 aromatic carbocycles. The van der Waals surface area contributed by atoms with E-state index in [2.05, 4.69) is 15.3 Å². The number of hydrogen-bond donors (Lipinski definition) is 2. The van der Waals surface area contributed by atoms with Crippen molar-refractivity contribution in [1.82, 2.24) is 14.9 Å². The third-order valence-corrected chi connectivity index (χ3v) is 5.46. The predicted molar refractivity (Wildman–Crippen MR) is 129 cm³/mol. The summed E-state index contributed by atoms with van der Waals surface area (Å²) in [5.41, 5.74) is 0.983. The Balaban J connectivity index is 1.50. The van der Waals surface area contributed by atoms with Gasteiger partial charge in [0.2, 0.25) is 5.91 Å². The van der Waals surface area contributed by atoms with Gasteiger partial charge >= 0.3 is 0 Å². The van der Waals surface area contributed by atoms with Gasteiger partial charge in [-0.25, -0.2) is 4.98 Å². The minimum atomic E-state index is -0.184. The average Bonchev–Trinajstić information content (AvgIpc) is 2.79. The molecule has 33 heavy (non-hydrogen) atoms. The van der Waals surface area contributed by atoms with E-state index in [1.165, 1.54) is 0 Å². The Labute approximate surface area is 196 Å². The molecule has 174 valence electrons. The number of H-pyrrole nitrogens is 1. The zero-order valence-electron chi connectivity index (χ0n) is 18.7. The van der Waals surface area contributed by atoms with E-state index in [0.717, 1.165) is 0 Å². The number of benzene rings is 2. The number of aromatic nitrogens is 2. The second-order valence-electron chi connectivity index (χ2n) is 7.43. The Morgan fingerprint density at radius 1 is 1.15 bits per heavy atom. The van der Waals surface area contributed by atoms with Gasteiger partial charge in [-0.05, 0) is 50.6 Å². The molecule has 0 aliphatic heterocycles. The molecule has 0 bridgehead atoms. The summed E-state index contributed by atoms with van der Waals surface area (Å²) in [6.07, 6.45) is 1.25. The minimum Gasteiger partial charge on any atom is -0.482 e. The van der Waals surface area contributed by atoms with Crippen LogP contribution in [-0.4, -0.2) is 46.4 Å². The Hall–Kier alpha value is -3.39. The summed E-state index contributed by atoms with van der Waals surface area (Å²) in [5, 5.41) is 3.64. The van der Waals surface area contributed by atoms with Gasteiger partial charge in [0.05, 0.1) is 15.9 Å². The normalized spacial score (nSPS) is 10.8. The Kier molecular flexibility index (Phi) is 8.43. The van der Waals surface area contributed by atoms with Crippen LogP contribution < -0.4 is 15.6 Å². The number of rotatable bonds is 10. The lowest BCUT2D eigenvalue weighted by Crippen LogP contribution is -2.34. The highest BCUT2D eigenvalue weighted by Crippen LogP contribution is 2.28. The van der Waals surface area contributed by atoms with Crippen molar-refractivity contribution in [3.63, 3.8) is 0 Å². The van der Waals surface area contributed by atoms with Crippen molar-refractivity contribution in [2.24, 2.45) is 0 Å². The molecule has 0 radical (unpaired) electrons. The molecule has 0 atom stereocenters. The summed E-state index contributed by atoms with van der Waals surface area (Å²) in [4.78, 5) is 45.4. The first kappa shape index (κ1) is 24.3. The zero-order valence-corrected chi connectivity index (χ0v) is 19.4. The summed E-state index contributed by atoms with van der Waals surface area (Å²) in [5.74, 6) is 0.632. The van der Waals surface area contributed by atoms with E-state index in [9.17, 15) is 14.4 Å². The van der Waals surface area contributed by atoms with Crippen LogP contribution in [0.25, 0.3) is 10.9 Å². The first-order valence-electron chi connectivity index (χ1n) is 10.9. The molecule has 0 unspecified atom stereocenters. The SMILES string of the molecule is CCN(CC)C(=O)COc1ccc(NC(=O)CCCc2nc3ccccc3c(=O)[nH]2)cc1Cl. The van der Waals surface area contributed by atoms with Crippen LogP contribution in [0.15, 0.2) is 47.3 Å². The number of ether oxygens (including phenoxy) is 1.